The van der Waals surface area contributed by atoms with Gasteiger partial charge in [0, 0.05) is 0 Å². The predicted molar refractivity (Wildman–Crippen MR) is 146 cm³/mol. The number of amides is 1. The number of fused-ring (bicyclic) bond motifs is 1. The van der Waals surface area contributed by atoms with E-state index in [0.29, 0.717) is 17.4 Å². The fourth-order valence-electron chi connectivity index (χ4n) is 4.85. The van der Waals surface area contributed by atoms with Gasteiger partial charge < -0.3 is 4.90 Å². The summed E-state index contributed by atoms with van der Waals surface area (Å²) in [6, 6.07) is 14.6. The van der Waals surface area contributed by atoms with Crippen molar-refractivity contribution >= 4 is 59.5 Å². The number of ether oxygens (including phenoxy) is 1. The van der Waals surface area contributed by atoms with Gasteiger partial charge in [0.2, 0.25) is 0 Å². The van der Waals surface area contributed by atoms with Crippen molar-refractivity contribution in [2.45, 2.75) is 43.5 Å². The first kappa shape index (κ1) is 25.2. The Bertz CT molecular complexity index is 1340. The topological polar surface area (TPSA) is 78.3 Å². The van der Waals surface area contributed by atoms with Crippen LogP contribution in [-0.2, 0) is 5.54 Å². The van der Waals surface area contributed by atoms with E-state index in [2.05, 4.69) is 54.5 Å². The molecule has 2 aromatic carbocycles. The molecule has 2 atom stereocenters. The molecule has 1 aliphatic carbocycles. The first-order valence-corrected chi connectivity index (χ1v) is 16.4. The van der Waals surface area contributed by atoms with Crippen molar-refractivity contribution < 1.29 is 9.53 Å². The quantitative estimate of drug-likeness (QED) is 0.294. The van der Waals surface area contributed by atoms with Crippen LogP contribution in [0.5, 0.6) is 5.75 Å². The fraction of sp³-hybridized carbons (Fsp3) is 0.321. The zero-order valence-electron chi connectivity index (χ0n) is 20.6. The Kier molecular flexibility index (Phi) is 7.37. The molecular formula is C28H29InN4O2Si. The molecule has 1 saturated carbocycles. The first-order chi connectivity index (χ1) is 17.4. The average Bonchev–Trinajstić information content (AvgIpc) is 3.64. The van der Waals surface area contributed by atoms with Crippen LogP contribution in [0, 0.1) is 12.3 Å². The molecule has 2 fully saturated rings. The van der Waals surface area contributed by atoms with Gasteiger partial charge >= 0.3 is 203 Å². The number of hydrogen-bond acceptors (Lipinski definition) is 5. The standard InChI is InChI=1S/C25H25N3O2Si.C3H4N.In/c1-16-8-9-17(30-24(31)22-10-14-28(22)2)15-19(16)23(29)27-25(11-12-25)20-6-3-7-21-18(20)5-4-13-26-21;1-2-3-4;/h4-9,13,15,22,24H,10-12,14H2,1-2H3,(H,27,29);1-4H;/t22-,24?;;/m0../s1. The summed E-state index contributed by atoms with van der Waals surface area (Å²) in [6.45, 7) is 3.04. The van der Waals surface area contributed by atoms with Crippen LogP contribution in [0.1, 0.15) is 40.7 Å². The molecule has 36 heavy (non-hydrogen) atoms. The number of carbonyl (C=O) groups is 1. The third-order valence-electron chi connectivity index (χ3n) is 7.27. The molecule has 5 rings (SSSR count). The number of nitrogens with one attached hydrogen (secondary N) is 2. The van der Waals surface area contributed by atoms with E-state index in [1.165, 1.54) is 9.53 Å². The van der Waals surface area contributed by atoms with Crippen LogP contribution in [0.15, 0.2) is 58.6 Å². The fourth-order valence-corrected chi connectivity index (χ4v) is 8.15. The number of hydrogen-bond donors (Lipinski definition) is 2. The number of rotatable bonds is 9. The molecule has 2 N–H and O–H groups in total. The third kappa shape index (κ3) is 5.17. The summed E-state index contributed by atoms with van der Waals surface area (Å²) in [5, 5.41) is 11.7. The van der Waals surface area contributed by atoms with Gasteiger partial charge in [-0.1, -0.05) is 0 Å². The van der Waals surface area contributed by atoms with Gasteiger partial charge in [-0.2, -0.15) is 0 Å². The van der Waals surface area contributed by atoms with E-state index in [0.717, 1.165) is 47.8 Å². The monoisotopic (exact) mass is 596 g/mol. The summed E-state index contributed by atoms with van der Waals surface area (Å²) in [5.74, 6) is 0.619. The molecule has 1 aliphatic heterocycles. The van der Waals surface area contributed by atoms with Gasteiger partial charge in [-0.05, 0) is 20.0 Å². The molecule has 1 aromatic heterocycles. The molecule has 0 bridgehead atoms. The van der Waals surface area contributed by atoms with Crippen molar-refractivity contribution in [3.63, 3.8) is 0 Å². The number of carbonyl (C=O) groups excluding carboxylic acids is 1. The second-order valence-electron chi connectivity index (χ2n) is 9.74. The van der Waals surface area contributed by atoms with Gasteiger partial charge in [-0.15, -0.1) is 0 Å². The van der Waals surface area contributed by atoms with Crippen molar-refractivity contribution in [2.75, 3.05) is 13.6 Å². The van der Waals surface area contributed by atoms with Crippen molar-refractivity contribution in [3.05, 3.63) is 75.3 Å². The summed E-state index contributed by atoms with van der Waals surface area (Å²) >= 11 is -1.19. The molecule has 1 unspecified atom stereocenters. The SMILES string of the molecule is Cc1ccc(OC([Si])[C@@H]2CCN2C)cc1C(=O)NC1(c2c[c]([In]/[CH]=C\C=N)cc3ncccc23)CC1. The first-order valence-electron chi connectivity index (χ1n) is 12.3. The van der Waals surface area contributed by atoms with E-state index in [-0.39, 0.29) is 17.2 Å². The molecule has 1 amide bonds. The van der Waals surface area contributed by atoms with Crippen molar-refractivity contribution in [2.24, 2.45) is 0 Å². The van der Waals surface area contributed by atoms with Gasteiger partial charge in [0.1, 0.15) is 0 Å². The second kappa shape index (κ2) is 10.5. The normalized spacial score (nSPS) is 19.5. The Morgan fingerprint density at radius 2 is 2.17 bits per heavy atom. The van der Waals surface area contributed by atoms with Crippen LogP contribution in [-0.4, -0.2) is 80.5 Å². The van der Waals surface area contributed by atoms with E-state index in [1.54, 1.807) is 0 Å². The van der Waals surface area contributed by atoms with Crippen LogP contribution >= 0.6 is 0 Å². The van der Waals surface area contributed by atoms with E-state index >= 15 is 0 Å². The molecule has 8 heteroatoms. The molecule has 2 heterocycles. The van der Waals surface area contributed by atoms with E-state index in [9.17, 15) is 4.79 Å². The minimum absolute atomic E-state index is 0.0744. The van der Waals surface area contributed by atoms with E-state index in [4.69, 9.17) is 10.1 Å². The van der Waals surface area contributed by atoms with Crippen LogP contribution in [0.25, 0.3) is 10.9 Å². The van der Waals surface area contributed by atoms with Gasteiger partial charge in [0.15, 0.2) is 0 Å². The van der Waals surface area contributed by atoms with E-state index < -0.39 is 22.9 Å². The third-order valence-corrected chi connectivity index (χ3v) is 11.0. The number of aromatic nitrogens is 1. The molecule has 3 aromatic rings. The molecule has 1 saturated heterocycles. The number of nitrogens with zero attached hydrogens (tertiary/aromatic N) is 2. The van der Waals surface area contributed by atoms with Crippen LogP contribution in [0.2, 0.25) is 0 Å². The molecular weight excluding hydrogens is 567 g/mol. The number of aryl methyl sites for hydroxylation is 1. The average molecular weight is 596 g/mol. The Morgan fingerprint density at radius 3 is 2.86 bits per heavy atom. The Balaban J connectivity index is 1.40. The predicted octanol–water partition coefficient (Wildman–Crippen LogP) is 3.03. The molecule has 180 valence electrons. The van der Waals surface area contributed by atoms with Crippen molar-refractivity contribution in [1.82, 2.24) is 15.2 Å². The van der Waals surface area contributed by atoms with Gasteiger partial charge in [-0.3, -0.25) is 0 Å². The summed E-state index contributed by atoms with van der Waals surface area (Å²) in [5.41, 5.74) is 3.20. The van der Waals surface area contributed by atoms with Crippen LogP contribution < -0.4 is 13.4 Å². The number of pyridine rings is 1. The molecule has 6 nitrogen and oxygen atoms in total. The number of likely N-dealkylation sites (tertiary alicyclic amines) is 1. The van der Waals surface area contributed by atoms with Crippen molar-refractivity contribution in [3.8, 4) is 5.75 Å². The van der Waals surface area contributed by atoms with Crippen LogP contribution in [0.4, 0.5) is 0 Å². The summed E-state index contributed by atoms with van der Waals surface area (Å²) in [6.07, 6.45) is 7.87. The van der Waals surface area contributed by atoms with E-state index in [1.807, 2.05) is 43.5 Å². The second-order valence-corrected chi connectivity index (χ2v) is 14.3. The summed E-state index contributed by atoms with van der Waals surface area (Å²) in [4.78, 5) is 20.5. The van der Waals surface area contributed by atoms with Crippen LogP contribution in [0.3, 0.4) is 0 Å². The maximum atomic E-state index is 13.6. The number of benzene rings is 2. The minimum atomic E-state index is -1.19. The zero-order valence-corrected chi connectivity index (χ0v) is 24.9. The summed E-state index contributed by atoms with van der Waals surface area (Å²) < 4.78 is 9.61. The van der Waals surface area contributed by atoms with Crippen molar-refractivity contribution in [1.29, 1.82) is 5.41 Å². The van der Waals surface area contributed by atoms with Gasteiger partial charge in [0.25, 0.3) is 0 Å². The Morgan fingerprint density at radius 1 is 1.33 bits per heavy atom. The zero-order chi connectivity index (χ0) is 25.3. The molecule has 2 aliphatic rings. The Hall–Kier alpha value is -2.42. The maximum absolute atomic E-state index is 13.6. The number of likely N-dealkylation sites (N-methyl/N-ethyl adjacent to an activating group) is 1. The summed E-state index contributed by atoms with van der Waals surface area (Å²) in [7, 11) is 5.82. The van der Waals surface area contributed by atoms with Gasteiger partial charge in [-0.25, -0.2) is 0 Å². The Labute approximate surface area is 226 Å². The molecule has 0 spiro atoms. The number of allylic oxidation sites excluding steroid dienone is 1. The molecule has 4 radical (unpaired) electrons. The van der Waals surface area contributed by atoms with Gasteiger partial charge in [0.05, 0.1) is 0 Å².